The largest absolute Gasteiger partial charge is 0.384 e. The lowest BCUT2D eigenvalue weighted by molar-refractivity contribution is -0.130. The summed E-state index contributed by atoms with van der Waals surface area (Å²) in [5.74, 6) is -0.690. The van der Waals surface area contributed by atoms with Crippen LogP contribution in [0, 0.1) is 11.3 Å². The smallest absolute Gasteiger partial charge is 0.242 e. The van der Waals surface area contributed by atoms with Crippen LogP contribution in [0.2, 0.25) is 0 Å². The summed E-state index contributed by atoms with van der Waals surface area (Å²) in [6.07, 6.45) is 5.36. The van der Waals surface area contributed by atoms with Crippen LogP contribution in [0.5, 0.6) is 0 Å². The van der Waals surface area contributed by atoms with Crippen LogP contribution in [0.4, 0.5) is 0 Å². The van der Waals surface area contributed by atoms with E-state index in [9.17, 15) is 9.59 Å². The number of nitrogens with one attached hydrogen (secondary N) is 3. The standard InChI is InChI=1S/C19H35BN4O2S/c1-11(22-17(26)14(21)13-9-7-6-8-10-13)16(25)24-15(19(3,4)5)18(27)23-12(2)20/h11-15H,6-10,21H2,1-5H3,(H,22,26)(H,23,27)(H,24,25)/t11-,12-,14-,15+/m0/s1. The molecule has 4 atom stereocenters. The fraction of sp³-hybridized carbons (Fsp3) is 0.842. The average Bonchev–Trinajstić information content (AvgIpc) is 2.57. The molecule has 1 fully saturated rings. The number of rotatable bonds is 7. The lowest BCUT2D eigenvalue weighted by atomic mass is 9.84. The van der Waals surface area contributed by atoms with Gasteiger partial charge >= 0.3 is 0 Å². The van der Waals surface area contributed by atoms with Crippen molar-refractivity contribution in [1.82, 2.24) is 16.0 Å². The van der Waals surface area contributed by atoms with Gasteiger partial charge in [-0.15, -0.1) is 0 Å². The number of nitrogens with two attached hydrogens (primary N) is 1. The van der Waals surface area contributed by atoms with Gasteiger partial charge in [-0.1, -0.05) is 59.2 Å². The summed E-state index contributed by atoms with van der Waals surface area (Å²) in [6.45, 7) is 9.38. The van der Waals surface area contributed by atoms with Gasteiger partial charge in [0.2, 0.25) is 11.8 Å². The Morgan fingerprint density at radius 1 is 1.04 bits per heavy atom. The molecule has 2 amide bonds. The molecule has 1 aliphatic rings. The molecule has 0 unspecified atom stereocenters. The molecular formula is C19H35BN4O2S. The van der Waals surface area contributed by atoms with Crippen molar-refractivity contribution in [3.05, 3.63) is 0 Å². The summed E-state index contributed by atoms with van der Waals surface area (Å²) in [7, 11) is 5.75. The van der Waals surface area contributed by atoms with Crippen molar-refractivity contribution in [3.63, 3.8) is 0 Å². The average molecular weight is 394 g/mol. The van der Waals surface area contributed by atoms with Gasteiger partial charge in [-0.3, -0.25) is 9.59 Å². The van der Waals surface area contributed by atoms with Crippen molar-refractivity contribution in [3.8, 4) is 0 Å². The maximum Gasteiger partial charge on any atom is 0.242 e. The van der Waals surface area contributed by atoms with Crippen LogP contribution in [0.15, 0.2) is 0 Å². The molecule has 0 spiro atoms. The molecule has 0 aromatic heterocycles. The van der Waals surface area contributed by atoms with Crippen LogP contribution in [-0.4, -0.2) is 48.7 Å². The number of hydrogen-bond acceptors (Lipinski definition) is 4. The first-order valence-electron chi connectivity index (χ1n) is 9.85. The molecule has 0 bridgehead atoms. The van der Waals surface area contributed by atoms with E-state index in [1.807, 2.05) is 20.8 Å². The Morgan fingerprint density at radius 2 is 1.59 bits per heavy atom. The SMILES string of the molecule is [B][C@H](C)NC(=S)[C@@H](NC(=O)[C@H](C)NC(=O)[C@@H](N)C1CCCCC1)C(C)(C)C. The fourth-order valence-electron chi connectivity index (χ4n) is 3.33. The highest BCUT2D eigenvalue weighted by Crippen LogP contribution is 2.25. The van der Waals surface area contributed by atoms with Gasteiger partial charge in [0.1, 0.15) is 6.04 Å². The van der Waals surface area contributed by atoms with E-state index in [0.717, 1.165) is 25.7 Å². The molecule has 8 heteroatoms. The molecule has 0 heterocycles. The normalized spacial score (nSPS) is 20.1. The minimum Gasteiger partial charge on any atom is -0.384 e. The van der Waals surface area contributed by atoms with Crippen molar-refractivity contribution in [2.24, 2.45) is 17.1 Å². The minimum atomic E-state index is -0.699. The summed E-state index contributed by atoms with van der Waals surface area (Å²) in [6, 6.07) is -1.67. The third-order valence-electron chi connectivity index (χ3n) is 5.00. The number of amides is 2. The van der Waals surface area contributed by atoms with Crippen molar-refractivity contribution >= 4 is 36.9 Å². The van der Waals surface area contributed by atoms with Gasteiger partial charge in [0.15, 0.2) is 0 Å². The Hall–Kier alpha value is -1.15. The van der Waals surface area contributed by atoms with Gasteiger partial charge < -0.3 is 21.7 Å². The van der Waals surface area contributed by atoms with Crippen molar-refractivity contribution in [1.29, 1.82) is 0 Å². The lowest BCUT2D eigenvalue weighted by Gasteiger charge is -2.34. The molecule has 0 saturated heterocycles. The first-order valence-corrected chi connectivity index (χ1v) is 10.3. The van der Waals surface area contributed by atoms with E-state index in [0.29, 0.717) is 4.99 Å². The Morgan fingerprint density at radius 3 is 2.07 bits per heavy atom. The molecule has 0 aliphatic heterocycles. The monoisotopic (exact) mass is 394 g/mol. The molecule has 1 rings (SSSR count). The Labute approximate surface area is 170 Å². The van der Waals surface area contributed by atoms with Crippen molar-refractivity contribution in [2.75, 3.05) is 0 Å². The van der Waals surface area contributed by atoms with Crippen molar-refractivity contribution < 1.29 is 9.59 Å². The summed E-state index contributed by atoms with van der Waals surface area (Å²) in [4.78, 5) is 25.6. The number of carbonyl (C=O) groups is 2. The summed E-state index contributed by atoms with van der Waals surface area (Å²) in [5.41, 5.74) is 5.82. The Balaban J connectivity index is 2.66. The van der Waals surface area contributed by atoms with Crippen molar-refractivity contribution in [2.45, 2.75) is 90.8 Å². The number of hydrogen-bond donors (Lipinski definition) is 4. The zero-order chi connectivity index (χ0) is 20.8. The molecule has 2 radical (unpaired) electrons. The highest BCUT2D eigenvalue weighted by atomic mass is 32.1. The van der Waals surface area contributed by atoms with Crippen LogP contribution in [0.1, 0.15) is 66.7 Å². The Kier molecular flexibility index (Phi) is 9.22. The van der Waals surface area contributed by atoms with Crippen LogP contribution >= 0.6 is 12.2 Å². The zero-order valence-electron chi connectivity index (χ0n) is 17.3. The highest BCUT2D eigenvalue weighted by Gasteiger charge is 2.33. The van der Waals surface area contributed by atoms with Crippen LogP contribution in [-0.2, 0) is 9.59 Å². The fourth-order valence-corrected chi connectivity index (χ4v) is 3.93. The van der Waals surface area contributed by atoms with E-state index >= 15 is 0 Å². The molecule has 6 nitrogen and oxygen atoms in total. The second kappa shape index (κ2) is 10.4. The third-order valence-corrected chi connectivity index (χ3v) is 5.35. The lowest BCUT2D eigenvalue weighted by Crippen LogP contribution is -2.59. The highest BCUT2D eigenvalue weighted by molar-refractivity contribution is 7.80. The van der Waals surface area contributed by atoms with E-state index in [2.05, 4.69) is 16.0 Å². The first-order chi connectivity index (χ1) is 12.4. The van der Waals surface area contributed by atoms with Crippen LogP contribution in [0.25, 0.3) is 0 Å². The molecule has 0 aromatic carbocycles. The maximum atomic E-state index is 12.6. The topological polar surface area (TPSA) is 96.2 Å². The summed E-state index contributed by atoms with van der Waals surface area (Å²) >= 11 is 5.41. The quantitative estimate of drug-likeness (QED) is 0.386. The predicted molar refractivity (Wildman–Crippen MR) is 114 cm³/mol. The van der Waals surface area contributed by atoms with Gasteiger partial charge in [0, 0.05) is 0 Å². The second-order valence-corrected chi connectivity index (χ2v) is 9.20. The van der Waals surface area contributed by atoms with E-state index in [1.165, 1.54) is 6.42 Å². The van der Waals surface area contributed by atoms with Gasteiger partial charge in [-0.25, -0.2) is 0 Å². The van der Waals surface area contributed by atoms with E-state index < -0.39 is 18.1 Å². The molecular weight excluding hydrogens is 359 g/mol. The zero-order valence-corrected chi connectivity index (χ0v) is 18.1. The molecule has 0 aromatic rings. The summed E-state index contributed by atoms with van der Waals surface area (Å²) < 4.78 is 0. The Bertz CT molecular complexity index is 530. The number of thiocarbonyl (C=S) groups is 1. The van der Waals surface area contributed by atoms with Gasteiger partial charge in [-0.2, -0.15) is 0 Å². The maximum absolute atomic E-state index is 12.6. The third kappa shape index (κ3) is 7.78. The van der Waals surface area contributed by atoms with E-state index in [4.69, 9.17) is 25.8 Å². The van der Waals surface area contributed by atoms with Gasteiger partial charge in [0.05, 0.1) is 24.9 Å². The number of carbonyl (C=O) groups excluding carboxylic acids is 2. The van der Waals surface area contributed by atoms with Gasteiger partial charge in [-0.05, 0) is 37.0 Å². The van der Waals surface area contributed by atoms with E-state index in [-0.39, 0.29) is 29.1 Å². The molecule has 1 aliphatic carbocycles. The molecule has 1 saturated carbocycles. The van der Waals surface area contributed by atoms with Crippen LogP contribution in [0.3, 0.4) is 0 Å². The molecule has 5 N–H and O–H groups in total. The second-order valence-electron chi connectivity index (χ2n) is 8.76. The molecule has 27 heavy (non-hydrogen) atoms. The minimum absolute atomic E-state index is 0.194. The van der Waals surface area contributed by atoms with Gasteiger partial charge in [0.25, 0.3) is 0 Å². The van der Waals surface area contributed by atoms with E-state index in [1.54, 1.807) is 13.8 Å². The summed E-state index contributed by atoms with van der Waals surface area (Å²) in [5, 5.41) is 8.66. The molecule has 152 valence electrons. The van der Waals surface area contributed by atoms with Crippen LogP contribution < -0.4 is 21.7 Å². The predicted octanol–water partition coefficient (Wildman–Crippen LogP) is 1.36. The first kappa shape index (κ1) is 23.9.